The third-order valence-corrected chi connectivity index (χ3v) is 3.95. The van der Waals surface area contributed by atoms with E-state index < -0.39 is 17.0 Å². The maximum absolute atomic E-state index is 14.0. The van der Waals surface area contributed by atoms with Crippen molar-refractivity contribution in [1.82, 2.24) is 5.32 Å². The lowest BCUT2D eigenvalue weighted by molar-refractivity contribution is -0.130. The van der Waals surface area contributed by atoms with Crippen molar-refractivity contribution in [3.8, 4) is 5.75 Å². The van der Waals surface area contributed by atoms with Gasteiger partial charge >= 0.3 is 0 Å². The van der Waals surface area contributed by atoms with Crippen molar-refractivity contribution in [1.29, 1.82) is 0 Å². The highest BCUT2D eigenvalue weighted by Gasteiger charge is 2.40. The quantitative estimate of drug-likeness (QED) is 0.872. The first-order valence-electron chi connectivity index (χ1n) is 7.06. The van der Waals surface area contributed by atoms with Crippen LogP contribution in [0.2, 0.25) is 0 Å². The molecule has 2 N–H and O–H groups in total. The van der Waals surface area contributed by atoms with Gasteiger partial charge in [-0.1, -0.05) is 0 Å². The summed E-state index contributed by atoms with van der Waals surface area (Å²) in [6.45, 7) is 1.59. The minimum Gasteiger partial charge on any atom is -0.494 e. The number of rotatable bonds is 5. The minimum atomic E-state index is -0.742. The molecule has 2 rings (SSSR count). The molecule has 1 amide bonds. The Morgan fingerprint density at radius 2 is 1.95 bits per heavy atom. The summed E-state index contributed by atoms with van der Waals surface area (Å²) < 4.78 is 37.5. The van der Waals surface area contributed by atoms with Crippen molar-refractivity contribution in [3.63, 3.8) is 0 Å². The van der Waals surface area contributed by atoms with Crippen LogP contribution in [0.25, 0.3) is 0 Å². The van der Waals surface area contributed by atoms with E-state index in [9.17, 15) is 13.6 Å². The molecule has 0 spiro atoms. The van der Waals surface area contributed by atoms with Gasteiger partial charge in [0, 0.05) is 19.2 Å². The van der Waals surface area contributed by atoms with Crippen LogP contribution in [0.3, 0.4) is 0 Å². The second kappa shape index (κ2) is 7.02. The van der Waals surface area contributed by atoms with E-state index in [1.165, 1.54) is 14.2 Å². The number of benzene rings is 1. The number of hydrogen-bond donors (Lipinski definition) is 2. The number of methoxy groups -OCH3 is 2. The zero-order chi connectivity index (χ0) is 16.2. The zero-order valence-corrected chi connectivity index (χ0v) is 12.7. The summed E-state index contributed by atoms with van der Waals surface area (Å²) in [4.78, 5) is 12.6. The van der Waals surface area contributed by atoms with Crippen molar-refractivity contribution < 1.29 is 23.0 Å². The van der Waals surface area contributed by atoms with Crippen molar-refractivity contribution >= 4 is 11.6 Å². The van der Waals surface area contributed by atoms with Gasteiger partial charge in [0.2, 0.25) is 5.91 Å². The molecule has 1 aromatic carbocycles. The molecule has 22 heavy (non-hydrogen) atoms. The smallest absolute Gasteiger partial charge is 0.233 e. The van der Waals surface area contributed by atoms with Gasteiger partial charge < -0.3 is 20.1 Å². The van der Waals surface area contributed by atoms with Crippen LogP contribution < -0.4 is 15.4 Å². The molecule has 0 atom stereocenters. The van der Waals surface area contributed by atoms with Crippen molar-refractivity contribution in [2.75, 3.05) is 39.2 Å². The van der Waals surface area contributed by atoms with E-state index in [-0.39, 0.29) is 24.0 Å². The number of ether oxygens (including phenoxy) is 2. The molecular weight excluding hydrogens is 294 g/mol. The Labute approximate surface area is 128 Å². The van der Waals surface area contributed by atoms with Crippen LogP contribution in [0.15, 0.2) is 12.1 Å². The van der Waals surface area contributed by atoms with Gasteiger partial charge in [0.15, 0.2) is 17.4 Å². The Kier molecular flexibility index (Phi) is 5.31. The Balaban J connectivity index is 2.21. The molecule has 1 aromatic rings. The molecule has 0 aliphatic carbocycles. The van der Waals surface area contributed by atoms with Crippen LogP contribution in [-0.2, 0) is 9.53 Å². The molecule has 1 heterocycles. The molecule has 0 bridgehead atoms. The van der Waals surface area contributed by atoms with Crippen LogP contribution in [0.1, 0.15) is 12.8 Å². The molecule has 1 aliphatic heterocycles. The van der Waals surface area contributed by atoms with Crippen LogP contribution in [0, 0.1) is 17.0 Å². The summed E-state index contributed by atoms with van der Waals surface area (Å²) in [5, 5.41) is 5.65. The summed E-state index contributed by atoms with van der Waals surface area (Å²) in [7, 11) is 2.77. The van der Waals surface area contributed by atoms with Crippen LogP contribution in [-0.4, -0.2) is 39.8 Å². The normalized spacial score (nSPS) is 17.1. The monoisotopic (exact) mass is 314 g/mol. The van der Waals surface area contributed by atoms with E-state index in [1.807, 2.05) is 0 Å². The van der Waals surface area contributed by atoms with E-state index >= 15 is 0 Å². The van der Waals surface area contributed by atoms with Gasteiger partial charge in [-0.2, -0.15) is 0 Å². The highest BCUT2D eigenvalue weighted by atomic mass is 19.1. The van der Waals surface area contributed by atoms with Gasteiger partial charge in [-0.15, -0.1) is 0 Å². The second-order valence-corrected chi connectivity index (χ2v) is 5.38. The van der Waals surface area contributed by atoms with E-state index in [1.54, 1.807) is 0 Å². The molecule has 122 valence electrons. The summed E-state index contributed by atoms with van der Waals surface area (Å²) >= 11 is 0. The second-order valence-electron chi connectivity index (χ2n) is 5.38. The molecule has 1 aliphatic rings. The minimum absolute atomic E-state index is 0.197. The number of nitrogens with one attached hydrogen (secondary N) is 2. The van der Waals surface area contributed by atoms with Crippen LogP contribution in [0.5, 0.6) is 5.75 Å². The molecule has 0 aromatic heterocycles. The molecule has 0 saturated carbocycles. The standard InChI is InChI=1S/C15H20F2N2O3/c1-21-9-15(3-5-18-6-4-15)14(20)19-12-7-11(17)13(22-2)8-10(12)16/h7-8,18H,3-6,9H2,1-2H3,(H,19,20). The first-order chi connectivity index (χ1) is 10.5. The number of halogens is 2. The highest BCUT2D eigenvalue weighted by molar-refractivity contribution is 5.95. The van der Waals surface area contributed by atoms with E-state index in [0.29, 0.717) is 25.9 Å². The predicted octanol–water partition coefficient (Wildman–Crippen LogP) is 1.93. The third kappa shape index (κ3) is 3.36. The molecule has 7 heteroatoms. The van der Waals surface area contributed by atoms with Crippen LogP contribution in [0.4, 0.5) is 14.5 Å². The van der Waals surface area contributed by atoms with E-state index in [4.69, 9.17) is 9.47 Å². The number of carbonyl (C=O) groups excluding carboxylic acids is 1. The Morgan fingerprint density at radius 3 is 2.55 bits per heavy atom. The number of piperidine rings is 1. The molecule has 1 fully saturated rings. The zero-order valence-electron chi connectivity index (χ0n) is 12.7. The summed E-state index contributed by atoms with van der Waals surface area (Å²) in [5.74, 6) is -2.04. The van der Waals surface area contributed by atoms with E-state index in [2.05, 4.69) is 10.6 Å². The fourth-order valence-corrected chi connectivity index (χ4v) is 2.65. The number of hydrogen-bond acceptors (Lipinski definition) is 4. The molecule has 0 unspecified atom stereocenters. The number of carbonyl (C=O) groups is 1. The first-order valence-corrected chi connectivity index (χ1v) is 7.06. The fourth-order valence-electron chi connectivity index (χ4n) is 2.65. The maximum Gasteiger partial charge on any atom is 0.233 e. The van der Waals surface area contributed by atoms with Gasteiger partial charge in [0.1, 0.15) is 0 Å². The molecule has 1 saturated heterocycles. The van der Waals surface area contributed by atoms with Gasteiger partial charge in [0.25, 0.3) is 0 Å². The number of amides is 1. The molecule has 0 radical (unpaired) electrons. The highest BCUT2D eigenvalue weighted by Crippen LogP contribution is 2.32. The Hall–Kier alpha value is -1.73. The number of anilines is 1. The van der Waals surface area contributed by atoms with Gasteiger partial charge in [0.05, 0.1) is 24.8 Å². The van der Waals surface area contributed by atoms with Crippen LogP contribution >= 0.6 is 0 Å². The molecular formula is C15H20F2N2O3. The topological polar surface area (TPSA) is 59.6 Å². The van der Waals surface area contributed by atoms with Gasteiger partial charge in [-0.25, -0.2) is 8.78 Å². The predicted molar refractivity (Wildman–Crippen MR) is 78.0 cm³/mol. The van der Waals surface area contributed by atoms with Crippen molar-refractivity contribution in [2.24, 2.45) is 5.41 Å². The largest absolute Gasteiger partial charge is 0.494 e. The summed E-state index contributed by atoms with van der Waals surface area (Å²) in [5.41, 5.74) is -0.930. The lowest BCUT2D eigenvalue weighted by Gasteiger charge is -2.35. The first kappa shape index (κ1) is 16.6. The lowest BCUT2D eigenvalue weighted by Crippen LogP contribution is -2.47. The molecule has 5 nitrogen and oxygen atoms in total. The third-order valence-electron chi connectivity index (χ3n) is 3.95. The SMILES string of the molecule is COCC1(C(=O)Nc2cc(F)c(OC)cc2F)CCNCC1. The average Bonchev–Trinajstić information content (AvgIpc) is 2.51. The fraction of sp³-hybridized carbons (Fsp3) is 0.533. The van der Waals surface area contributed by atoms with Crippen molar-refractivity contribution in [3.05, 3.63) is 23.8 Å². The Morgan fingerprint density at radius 1 is 1.27 bits per heavy atom. The van der Waals surface area contributed by atoms with Gasteiger partial charge in [-0.3, -0.25) is 4.79 Å². The maximum atomic E-state index is 14.0. The average molecular weight is 314 g/mol. The summed E-state index contributed by atoms with van der Waals surface area (Å²) in [6, 6.07) is 1.84. The van der Waals surface area contributed by atoms with E-state index in [0.717, 1.165) is 12.1 Å². The van der Waals surface area contributed by atoms with Crippen molar-refractivity contribution in [2.45, 2.75) is 12.8 Å². The lowest BCUT2D eigenvalue weighted by atomic mass is 9.78. The van der Waals surface area contributed by atoms with Gasteiger partial charge in [-0.05, 0) is 25.9 Å². The summed E-state index contributed by atoms with van der Waals surface area (Å²) in [6.07, 6.45) is 1.15. The Bertz CT molecular complexity index is 540.